The van der Waals surface area contributed by atoms with E-state index < -0.39 is 0 Å². The second-order valence-corrected chi connectivity index (χ2v) is 7.84. The first kappa shape index (κ1) is 18.4. The number of carbonyl (C=O) groups excluding carboxylic acids is 1. The molecule has 1 amide bonds. The molecule has 0 aliphatic carbocycles. The van der Waals surface area contributed by atoms with Gasteiger partial charge >= 0.3 is 0 Å². The molecule has 2 aliphatic rings. The van der Waals surface area contributed by atoms with Crippen molar-refractivity contribution in [2.45, 2.75) is 38.9 Å². The van der Waals surface area contributed by atoms with E-state index in [1.165, 1.54) is 5.56 Å². The summed E-state index contributed by atoms with van der Waals surface area (Å²) in [5.41, 5.74) is 2.20. The Morgan fingerprint density at radius 3 is 2.72 bits per heavy atom. The van der Waals surface area contributed by atoms with Crippen LogP contribution < -0.4 is 5.32 Å². The van der Waals surface area contributed by atoms with E-state index in [2.05, 4.69) is 32.2 Å². The molecule has 0 radical (unpaired) electrons. The average Bonchev–Trinajstić information content (AvgIpc) is 3.18. The zero-order valence-corrected chi connectivity index (χ0v) is 16.1. The highest BCUT2D eigenvalue weighted by Crippen LogP contribution is 2.35. The van der Waals surface area contributed by atoms with Crippen molar-refractivity contribution < 1.29 is 9.32 Å². The minimum Gasteiger partial charge on any atom is -0.361 e. The third-order valence-electron chi connectivity index (χ3n) is 5.75. The first-order valence-electron chi connectivity index (χ1n) is 9.15. The van der Waals surface area contributed by atoms with Crippen LogP contribution in [-0.2, 0) is 11.3 Å². The van der Waals surface area contributed by atoms with Crippen LogP contribution in [-0.4, -0.2) is 85.2 Å². The maximum Gasteiger partial charge on any atom is 0.237 e. The molecule has 140 valence electrons. The van der Waals surface area contributed by atoms with Crippen LogP contribution in [0.5, 0.6) is 0 Å². The molecule has 7 nitrogen and oxygen atoms in total. The highest BCUT2D eigenvalue weighted by molar-refractivity contribution is 5.82. The van der Waals surface area contributed by atoms with Gasteiger partial charge in [0, 0.05) is 44.3 Å². The molecule has 1 aromatic rings. The van der Waals surface area contributed by atoms with Gasteiger partial charge in [0.1, 0.15) is 5.76 Å². The fourth-order valence-electron chi connectivity index (χ4n) is 4.21. The van der Waals surface area contributed by atoms with E-state index in [0.29, 0.717) is 18.5 Å². The van der Waals surface area contributed by atoms with Crippen molar-refractivity contribution >= 4 is 5.91 Å². The number of likely N-dealkylation sites (tertiary alicyclic amines) is 2. The lowest BCUT2D eigenvalue weighted by atomic mass is 10.0. The first-order valence-corrected chi connectivity index (χ1v) is 9.15. The molecule has 1 N–H and O–H groups in total. The molecule has 25 heavy (non-hydrogen) atoms. The smallest absolute Gasteiger partial charge is 0.237 e. The Kier molecular flexibility index (Phi) is 5.46. The fourth-order valence-corrected chi connectivity index (χ4v) is 4.21. The van der Waals surface area contributed by atoms with Crippen molar-refractivity contribution in [2.24, 2.45) is 5.92 Å². The van der Waals surface area contributed by atoms with Crippen molar-refractivity contribution in [3.05, 3.63) is 17.0 Å². The number of aromatic nitrogens is 1. The monoisotopic (exact) mass is 349 g/mol. The lowest BCUT2D eigenvalue weighted by Gasteiger charge is -2.26. The van der Waals surface area contributed by atoms with Crippen molar-refractivity contribution in [2.75, 3.05) is 47.3 Å². The van der Waals surface area contributed by atoms with Gasteiger partial charge in [-0.2, -0.15) is 0 Å². The number of aryl methyl sites for hydroxylation is 2. The van der Waals surface area contributed by atoms with Gasteiger partial charge in [-0.3, -0.25) is 14.6 Å². The number of amides is 1. The molecule has 0 bridgehead atoms. The summed E-state index contributed by atoms with van der Waals surface area (Å²) in [4.78, 5) is 19.3. The van der Waals surface area contributed by atoms with Gasteiger partial charge < -0.3 is 14.7 Å². The van der Waals surface area contributed by atoms with Crippen molar-refractivity contribution in [3.63, 3.8) is 0 Å². The molecule has 2 saturated heterocycles. The molecule has 3 rings (SSSR count). The minimum absolute atomic E-state index is 0.0124. The van der Waals surface area contributed by atoms with Crippen molar-refractivity contribution in [1.82, 2.24) is 25.2 Å². The molecule has 2 aliphatic heterocycles. The summed E-state index contributed by atoms with van der Waals surface area (Å²) in [6, 6.07) is 0.475. The summed E-state index contributed by atoms with van der Waals surface area (Å²) in [5.74, 6) is 1.66. The van der Waals surface area contributed by atoms with E-state index in [-0.39, 0.29) is 11.9 Å². The van der Waals surface area contributed by atoms with Gasteiger partial charge in [0.15, 0.2) is 0 Å². The lowest BCUT2D eigenvalue weighted by Crippen LogP contribution is -2.46. The zero-order chi connectivity index (χ0) is 18.1. The summed E-state index contributed by atoms with van der Waals surface area (Å²) in [7, 11) is 6.14. The van der Waals surface area contributed by atoms with Crippen LogP contribution in [0, 0.1) is 19.8 Å². The summed E-state index contributed by atoms with van der Waals surface area (Å²) in [6.45, 7) is 8.51. The normalized spacial score (nSPS) is 27.2. The zero-order valence-electron chi connectivity index (χ0n) is 16.1. The number of hydrogen-bond donors (Lipinski definition) is 1. The van der Waals surface area contributed by atoms with Crippen LogP contribution in [0.4, 0.5) is 0 Å². The lowest BCUT2D eigenvalue weighted by molar-refractivity contribution is -0.125. The quantitative estimate of drug-likeness (QED) is 0.806. The maximum absolute atomic E-state index is 12.5. The van der Waals surface area contributed by atoms with Crippen molar-refractivity contribution in [1.29, 1.82) is 0 Å². The Labute approximate surface area is 150 Å². The van der Waals surface area contributed by atoms with Gasteiger partial charge in [0.25, 0.3) is 0 Å². The standard InChI is InChI=1S/C18H31N5O2/c1-12-15(13(2)25-20-12)10-23-9-14-8-16(22(5)17(14)11-23)18(24)19-6-7-21(3)4/h14,16-17H,6-11H2,1-5H3,(H,19,24)/t14-,16-,17+/m1/s1. The van der Waals surface area contributed by atoms with E-state index in [0.717, 1.165) is 44.1 Å². The largest absolute Gasteiger partial charge is 0.361 e. The topological polar surface area (TPSA) is 64.9 Å². The van der Waals surface area contributed by atoms with Gasteiger partial charge in [-0.15, -0.1) is 0 Å². The summed E-state index contributed by atoms with van der Waals surface area (Å²) in [6.07, 6.45) is 0.951. The summed E-state index contributed by atoms with van der Waals surface area (Å²) in [5, 5.41) is 7.13. The Morgan fingerprint density at radius 1 is 1.36 bits per heavy atom. The van der Waals surface area contributed by atoms with Gasteiger partial charge in [-0.05, 0) is 47.3 Å². The molecule has 0 unspecified atom stereocenters. The molecule has 7 heteroatoms. The van der Waals surface area contributed by atoms with E-state index >= 15 is 0 Å². The van der Waals surface area contributed by atoms with Crippen molar-refractivity contribution in [3.8, 4) is 0 Å². The number of rotatable bonds is 6. The average molecular weight is 349 g/mol. The predicted octanol–water partition coefficient (Wildman–Crippen LogP) is 0.474. The van der Waals surface area contributed by atoms with E-state index in [4.69, 9.17) is 4.52 Å². The molecule has 3 heterocycles. The number of fused-ring (bicyclic) bond motifs is 1. The highest BCUT2D eigenvalue weighted by Gasteiger charge is 2.47. The maximum atomic E-state index is 12.5. The van der Waals surface area contributed by atoms with Crippen LogP contribution in [0.15, 0.2) is 4.52 Å². The molecule has 0 aromatic carbocycles. The number of nitrogens with zero attached hydrogens (tertiary/aromatic N) is 4. The summed E-state index contributed by atoms with van der Waals surface area (Å²) < 4.78 is 5.28. The number of likely N-dealkylation sites (N-methyl/N-ethyl adjacent to an activating group) is 2. The van der Waals surface area contributed by atoms with Gasteiger partial charge in [0.05, 0.1) is 11.7 Å². The fraction of sp³-hybridized carbons (Fsp3) is 0.778. The van der Waals surface area contributed by atoms with E-state index in [1.54, 1.807) is 0 Å². The second-order valence-electron chi connectivity index (χ2n) is 7.84. The van der Waals surface area contributed by atoms with Crippen LogP contribution in [0.3, 0.4) is 0 Å². The Hall–Kier alpha value is -1.44. The third kappa shape index (κ3) is 3.88. The second kappa shape index (κ2) is 7.43. The molecule has 0 saturated carbocycles. The first-order chi connectivity index (χ1) is 11.9. The van der Waals surface area contributed by atoms with E-state index in [9.17, 15) is 4.79 Å². The number of nitrogens with one attached hydrogen (secondary N) is 1. The van der Waals surface area contributed by atoms with Gasteiger partial charge in [0.2, 0.25) is 5.91 Å². The van der Waals surface area contributed by atoms with Crippen LogP contribution >= 0.6 is 0 Å². The summed E-state index contributed by atoms with van der Waals surface area (Å²) >= 11 is 0. The molecule has 3 atom stereocenters. The SMILES string of the molecule is Cc1noc(C)c1CN1C[C@H]2C[C@H](C(=O)NCCN(C)C)N(C)[C@H]2C1. The molecule has 2 fully saturated rings. The number of carbonyl (C=O) groups is 1. The van der Waals surface area contributed by atoms with Gasteiger partial charge in [-0.1, -0.05) is 5.16 Å². The minimum atomic E-state index is 0.0124. The highest BCUT2D eigenvalue weighted by atomic mass is 16.5. The predicted molar refractivity (Wildman–Crippen MR) is 96.3 cm³/mol. The van der Waals surface area contributed by atoms with Crippen LogP contribution in [0.1, 0.15) is 23.4 Å². The molecule has 1 aromatic heterocycles. The number of hydrogen-bond acceptors (Lipinski definition) is 6. The van der Waals surface area contributed by atoms with Crippen LogP contribution in [0.25, 0.3) is 0 Å². The molecule has 0 spiro atoms. The van der Waals surface area contributed by atoms with Gasteiger partial charge in [-0.25, -0.2) is 0 Å². The van der Waals surface area contributed by atoms with Crippen LogP contribution in [0.2, 0.25) is 0 Å². The Morgan fingerprint density at radius 2 is 2.12 bits per heavy atom. The third-order valence-corrected chi connectivity index (χ3v) is 5.75. The molecular weight excluding hydrogens is 318 g/mol. The molecular formula is C18H31N5O2. The Bertz CT molecular complexity index is 595. The van der Waals surface area contributed by atoms with E-state index in [1.807, 2.05) is 27.9 Å². The Balaban J connectivity index is 1.53.